The number of esters is 1. The van der Waals surface area contributed by atoms with Gasteiger partial charge in [0.1, 0.15) is 11.9 Å². The summed E-state index contributed by atoms with van der Waals surface area (Å²) >= 11 is 0. The van der Waals surface area contributed by atoms with Crippen molar-refractivity contribution in [2.24, 2.45) is 16.9 Å². The van der Waals surface area contributed by atoms with E-state index in [2.05, 4.69) is 10.5 Å². The Morgan fingerprint density at radius 3 is 2.82 bits per heavy atom. The second-order valence-electron chi connectivity index (χ2n) is 5.24. The Morgan fingerprint density at radius 1 is 1.41 bits per heavy atom. The number of hydrogen-bond donors (Lipinski definition) is 1. The quantitative estimate of drug-likeness (QED) is 0.870. The van der Waals surface area contributed by atoms with Crippen molar-refractivity contribution in [3.05, 3.63) is 35.6 Å². The molecule has 0 amide bonds. The minimum Gasteiger partial charge on any atom is -0.464 e. The molecule has 0 aromatic heterocycles. The molecule has 0 radical (unpaired) electrons. The molecule has 1 aliphatic heterocycles. The van der Waals surface area contributed by atoms with Crippen LogP contribution in [0.25, 0.3) is 0 Å². The standard InChI is InChI=1S/C15H17FN2O2.C2H6/c1-2-20-15(19)14-11-8-10(11)13(17-18-14)7-9-5-3-4-6-12(9)16;1-2/h3-6,10-11,14,18H,2,7-8H2,1H3;1-2H3. The zero-order chi connectivity index (χ0) is 16.1. The van der Waals surface area contributed by atoms with Gasteiger partial charge in [-0.15, -0.1) is 0 Å². The van der Waals surface area contributed by atoms with Crippen molar-refractivity contribution >= 4 is 11.7 Å². The molecule has 1 N–H and O–H groups in total. The smallest absolute Gasteiger partial charge is 0.330 e. The molecule has 22 heavy (non-hydrogen) atoms. The normalized spacial score (nSPS) is 24.9. The van der Waals surface area contributed by atoms with Crippen molar-refractivity contribution in [1.29, 1.82) is 0 Å². The Labute approximate surface area is 130 Å². The van der Waals surface area contributed by atoms with Crippen LogP contribution in [0, 0.1) is 17.7 Å². The molecule has 1 saturated carbocycles. The molecule has 0 bridgehead atoms. The lowest BCUT2D eigenvalue weighted by atomic mass is 10.0. The molecule has 0 spiro atoms. The van der Waals surface area contributed by atoms with Gasteiger partial charge in [-0.2, -0.15) is 5.10 Å². The van der Waals surface area contributed by atoms with E-state index in [1.54, 1.807) is 19.1 Å². The third-order valence-corrected chi connectivity index (χ3v) is 3.91. The number of nitrogens with zero attached hydrogens (tertiary/aromatic N) is 1. The summed E-state index contributed by atoms with van der Waals surface area (Å²) in [6, 6.07) is 6.38. The molecule has 3 unspecified atom stereocenters. The first-order valence-corrected chi connectivity index (χ1v) is 7.92. The second kappa shape index (κ2) is 7.38. The topological polar surface area (TPSA) is 50.7 Å². The highest BCUT2D eigenvalue weighted by Gasteiger charge is 2.51. The Kier molecular flexibility index (Phi) is 5.52. The van der Waals surface area contributed by atoms with Crippen molar-refractivity contribution in [2.75, 3.05) is 6.61 Å². The molecule has 5 heteroatoms. The van der Waals surface area contributed by atoms with Crippen molar-refractivity contribution in [3.63, 3.8) is 0 Å². The average molecular weight is 306 g/mol. The van der Waals surface area contributed by atoms with Crippen LogP contribution in [-0.4, -0.2) is 24.3 Å². The Bertz CT molecular complexity index is 559. The van der Waals surface area contributed by atoms with E-state index in [-0.39, 0.29) is 29.7 Å². The number of hydrogen-bond acceptors (Lipinski definition) is 4. The van der Waals surface area contributed by atoms with Gasteiger partial charge in [0.2, 0.25) is 0 Å². The molecule has 1 heterocycles. The van der Waals surface area contributed by atoms with E-state index in [4.69, 9.17) is 4.74 Å². The summed E-state index contributed by atoms with van der Waals surface area (Å²) in [6.07, 6.45) is 1.42. The summed E-state index contributed by atoms with van der Waals surface area (Å²) in [5.41, 5.74) is 4.45. The van der Waals surface area contributed by atoms with E-state index in [9.17, 15) is 9.18 Å². The van der Waals surface area contributed by atoms with Crippen LogP contribution in [0.4, 0.5) is 4.39 Å². The Morgan fingerprint density at radius 2 is 2.14 bits per heavy atom. The highest BCUT2D eigenvalue weighted by Crippen LogP contribution is 2.45. The van der Waals surface area contributed by atoms with Crippen LogP contribution >= 0.6 is 0 Å². The summed E-state index contributed by atoms with van der Waals surface area (Å²) in [4.78, 5) is 11.7. The van der Waals surface area contributed by atoms with E-state index in [0.29, 0.717) is 18.6 Å². The average Bonchev–Trinajstić information content (AvgIpc) is 3.33. The molecule has 3 atom stereocenters. The summed E-state index contributed by atoms with van der Waals surface area (Å²) in [7, 11) is 0. The first-order chi connectivity index (χ1) is 10.7. The molecular weight excluding hydrogens is 283 g/mol. The van der Waals surface area contributed by atoms with Crippen molar-refractivity contribution < 1.29 is 13.9 Å². The molecule has 1 aromatic carbocycles. The third-order valence-electron chi connectivity index (χ3n) is 3.91. The van der Waals surface area contributed by atoms with Gasteiger partial charge in [0.05, 0.1) is 6.61 Å². The second-order valence-corrected chi connectivity index (χ2v) is 5.24. The number of rotatable bonds is 4. The van der Waals surface area contributed by atoms with Crippen LogP contribution in [-0.2, 0) is 16.0 Å². The molecule has 4 nitrogen and oxygen atoms in total. The first-order valence-electron chi connectivity index (χ1n) is 7.92. The molecule has 2 aliphatic rings. The molecule has 120 valence electrons. The van der Waals surface area contributed by atoms with Gasteiger partial charge in [0.15, 0.2) is 0 Å². The molecule has 3 rings (SSSR count). The molecule has 1 aliphatic carbocycles. The number of ether oxygens (including phenoxy) is 1. The number of nitrogens with one attached hydrogen (secondary N) is 1. The maximum atomic E-state index is 13.6. The number of carbonyl (C=O) groups excluding carboxylic acids is 1. The summed E-state index contributed by atoms with van der Waals surface area (Å²) < 4.78 is 18.7. The third kappa shape index (κ3) is 3.46. The van der Waals surface area contributed by atoms with Crippen LogP contribution < -0.4 is 5.43 Å². The van der Waals surface area contributed by atoms with Crippen LogP contribution in [0.5, 0.6) is 0 Å². The summed E-state index contributed by atoms with van der Waals surface area (Å²) in [6.45, 7) is 6.16. The number of carbonyl (C=O) groups is 1. The summed E-state index contributed by atoms with van der Waals surface area (Å²) in [5.74, 6) is 0.0761. The minimum atomic E-state index is -0.343. The van der Waals surface area contributed by atoms with Crippen molar-refractivity contribution in [3.8, 4) is 0 Å². The highest BCUT2D eigenvalue weighted by molar-refractivity contribution is 5.93. The van der Waals surface area contributed by atoms with Gasteiger partial charge < -0.3 is 4.74 Å². The van der Waals surface area contributed by atoms with Crippen molar-refractivity contribution in [2.45, 2.75) is 39.7 Å². The van der Waals surface area contributed by atoms with Gasteiger partial charge in [0, 0.05) is 24.0 Å². The van der Waals surface area contributed by atoms with E-state index in [1.165, 1.54) is 6.07 Å². The van der Waals surface area contributed by atoms with E-state index < -0.39 is 0 Å². The highest BCUT2D eigenvalue weighted by atomic mass is 19.1. The van der Waals surface area contributed by atoms with Crippen LogP contribution in [0.2, 0.25) is 0 Å². The molecule has 0 saturated heterocycles. The Hall–Kier alpha value is -1.91. The van der Waals surface area contributed by atoms with Crippen molar-refractivity contribution in [1.82, 2.24) is 5.43 Å². The predicted molar refractivity (Wildman–Crippen MR) is 84.0 cm³/mol. The number of halogens is 1. The van der Waals surface area contributed by atoms with Gasteiger partial charge in [-0.1, -0.05) is 32.0 Å². The summed E-state index contributed by atoms with van der Waals surface area (Å²) in [5, 5.41) is 4.27. The fraction of sp³-hybridized carbons (Fsp3) is 0.529. The van der Waals surface area contributed by atoms with Gasteiger partial charge in [0.25, 0.3) is 0 Å². The molecule has 1 aromatic rings. The van der Waals surface area contributed by atoms with E-state index in [1.807, 2.05) is 19.9 Å². The predicted octanol–water partition coefficient (Wildman–Crippen LogP) is 2.92. The largest absolute Gasteiger partial charge is 0.464 e. The lowest BCUT2D eigenvalue weighted by Crippen LogP contribution is -2.41. The van der Waals surface area contributed by atoms with Crippen LogP contribution in [0.15, 0.2) is 29.4 Å². The number of fused-ring (bicyclic) bond motifs is 1. The zero-order valence-electron chi connectivity index (χ0n) is 13.3. The Balaban J connectivity index is 0.000000847. The lowest BCUT2D eigenvalue weighted by Gasteiger charge is -2.21. The SMILES string of the molecule is CC.CCOC(=O)C1NN=C(Cc2ccccc2F)C2CC21. The maximum absolute atomic E-state index is 13.6. The minimum absolute atomic E-state index is 0.208. The first kappa shape index (κ1) is 16.5. The van der Waals surface area contributed by atoms with Crippen LogP contribution in [0.3, 0.4) is 0 Å². The van der Waals surface area contributed by atoms with E-state index in [0.717, 1.165) is 12.1 Å². The van der Waals surface area contributed by atoms with Gasteiger partial charge >= 0.3 is 5.97 Å². The fourth-order valence-electron chi connectivity index (χ4n) is 2.76. The fourth-order valence-corrected chi connectivity index (χ4v) is 2.76. The molecule has 1 fully saturated rings. The van der Waals surface area contributed by atoms with E-state index >= 15 is 0 Å². The maximum Gasteiger partial charge on any atom is 0.330 e. The van der Waals surface area contributed by atoms with Gasteiger partial charge in [-0.05, 0) is 25.0 Å². The zero-order valence-corrected chi connectivity index (χ0v) is 13.3. The van der Waals surface area contributed by atoms with Gasteiger partial charge in [-0.25, -0.2) is 9.18 Å². The number of benzene rings is 1. The number of hydrazone groups is 1. The lowest BCUT2D eigenvalue weighted by molar-refractivity contribution is -0.146. The molecular formula is C17H23FN2O2. The van der Waals surface area contributed by atoms with Gasteiger partial charge in [-0.3, -0.25) is 5.43 Å². The van der Waals surface area contributed by atoms with Crippen LogP contribution in [0.1, 0.15) is 32.8 Å². The monoisotopic (exact) mass is 306 g/mol.